The molecule has 0 atom stereocenters. The molecule has 0 saturated heterocycles. The van der Waals surface area contributed by atoms with Crippen molar-refractivity contribution in [2.75, 3.05) is 7.11 Å². The lowest BCUT2D eigenvalue weighted by atomic mass is 9.86. The highest BCUT2D eigenvalue weighted by atomic mass is 16.5. The number of benzene rings is 1. The molecule has 3 heteroatoms. The number of phenols is 1. The zero-order chi connectivity index (χ0) is 11.6. The van der Waals surface area contributed by atoms with Gasteiger partial charge in [0, 0.05) is 0 Å². The maximum atomic E-state index is 10.7. The first-order chi connectivity index (χ1) is 6.90. The van der Waals surface area contributed by atoms with E-state index in [1.165, 1.54) is 7.11 Å². The van der Waals surface area contributed by atoms with Gasteiger partial charge in [-0.1, -0.05) is 20.8 Å². The molecule has 0 aliphatic heterocycles. The summed E-state index contributed by atoms with van der Waals surface area (Å²) in [6, 6.07) is 3.38. The third-order valence-electron chi connectivity index (χ3n) is 2.32. The zero-order valence-electron chi connectivity index (χ0n) is 9.50. The van der Waals surface area contributed by atoms with Crippen molar-refractivity contribution < 1.29 is 14.6 Å². The van der Waals surface area contributed by atoms with Crippen molar-refractivity contribution in [2.24, 2.45) is 0 Å². The predicted octanol–water partition coefficient (Wildman–Crippen LogP) is 2.51. The van der Waals surface area contributed by atoms with Gasteiger partial charge in [-0.2, -0.15) is 0 Å². The normalized spacial score (nSPS) is 11.2. The molecule has 0 heterocycles. The number of hydrogen-bond donors (Lipinski definition) is 1. The van der Waals surface area contributed by atoms with Gasteiger partial charge in [-0.25, -0.2) is 0 Å². The molecular formula is C12H16O3. The van der Waals surface area contributed by atoms with Gasteiger partial charge in [0.1, 0.15) is 11.5 Å². The van der Waals surface area contributed by atoms with Crippen molar-refractivity contribution in [1.82, 2.24) is 0 Å². The van der Waals surface area contributed by atoms with Crippen LogP contribution in [0.2, 0.25) is 0 Å². The summed E-state index contributed by atoms with van der Waals surface area (Å²) in [6.07, 6.45) is 0.598. The predicted molar refractivity (Wildman–Crippen MR) is 58.7 cm³/mol. The van der Waals surface area contributed by atoms with Crippen LogP contribution in [0, 0.1) is 0 Å². The average molecular weight is 208 g/mol. The van der Waals surface area contributed by atoms with Crippen LogP contribution in [0.4, 0.5) is 0 Å². The minimum atomic E-state index is -0.0911. The minimum Gasteiger partial charge on any atom is -0.507 e. The molecule has 0 amide bonds. The van der Waals surface area contributed by atoms with Crippen LogP contribution in [0.5, 0.6) is 11.5 Å². The maximum Gasteiger partial charge on any atom is 0.157 e. The number of carbonyl (C=O) groups excluding carboxylic acids is 1. The summed E-state index contributed by atoms with van der Waals surface area (Å²) in [5.74, 6) is 0.379. The van der Waals surface area contributed by atoms with E-state index in [1.54, 1.807) is 12.1 Å². The molecule has 0 aliphatic rings. The molecule has 0 bridgehead atoms. The van der Waals surface area contributed by atoms with E-state index in [4.69, 9.17) is 4.74 Å². The van der Waals surface area contributed by atoms with E-state index in [1.807, 2.05) is 20.8 Å². The average Bonchev–Trinajstić information content (AvgIpc) is 2.15. The summed E-state index contributed by atoms with van der Waals surface area (Å²) in [5, 5.41) is 9.66. The second kappa shape index (κ2) is 3.93. The van der Waals surface area contributed by atoms with Crippen molar-refractivity contribution in [3.63, 3.8) is 0 Å². The molecule has 15 heavy (non-hydrogen) atoms. The van der Waals surface area contributed by atoms with Crippen LogP contribution >= 0.6 is 0 Å². The first kappa shape index (κ1) is 11.6. The van der Waals surface area contributed by atoms with Gasteiger partial charge >= 0.3 is 0 Å². The molecule has 82 valence electrons. The topological polar surface area (TPSA) is 46.5 Å². The lowest BCUT2D eigenvalue weighted by molar-refractivity contribution is 0.111. The van der Waals surface area contributed by atoms with E-state index >= 15 is 0 Å². The van der Waals surface area contributed by atoms with Gasteiger partial charge < -0.3 is 9.84 Å². The number of aldehydes is 1. The number of phenolic OH excluding ortho intramolecular Hbond substituents is 1. The van der Waals surface area contributed by atoms with Gasteiger partial charge in [0.15, 0.2) is 6.29 Å². The Morgan fingerprint density at radius 1 is 1.33 bits per heavy atom. The number of methoxy groups -OCH3 is 1. The van der Waals surface area contributed by atoms with Gasteiger partial charge in [0.05, 0.1) is 12.7 Å². The van der Waals surface area contributed by atoms with Crippen LogP contribution in [0.25, 0.3) is 0 Å². The Labute approximate surface area is 89.7 Å². The third kappa shape index (κ3) is 2.29. The second-order valence-corrected chi connectivity index (χ2v) is 4.48. The number of aromatic hydroxyl groups is 1. The van der Waals surface area contributed by atoms with E-state index < -0.39 is 0 Å². The molecule has 1 aromatic rings. The number of ether oxygens (including phenoxy) is 1. The van der Waals surface area contributed by atoms with E-state index in [0.717, 1.165) is 5.56 Å². The molecule has 0 aliphatic carbocycles. The molecule has 1 rings (SSSR count). The fourth-order valence-electron chi connectivity index (χ4n) is 1.33. The van der Waals surface area contributed by atoms with Gasteiger partial charge in [-0.05, 0) is 23.1 Å². The smallest absolute Gasteiger partial charge is 0.157 e. The van der Waals surface area contributed by atoms with E-state index in [-0.39, 0.29) is 16.7 Å². The Morgan fingerprint density at radius 3 is 2.33 bits per heavy atom. The van der Waals surface area contributed by atoms with E-state index in [2.05, 4.69) is 0 Å². The first-order valence-electron chi connectivity index (χ1n) is 4.77. The van der Waals surface area contributed by atoms with Crippen LogP contribution in [0.15, 0.2) is 12.1 Å². The quantitative estimate of drug-likeness (QED) is 0.759. The molecule has 1 aromatic carbocycles. The highest BCUT2D eigenvalue weighted by Gasteiger charge is 2.18. The molecular weight excluding hydrogens is 192 g/mol. The molecule has 3 nitrogen and oxygen atoms in total. The van der Waals surface area contributed by atoms with Crippen molar-refractivity contribution in [2.45, 2.75) is 26.2 Å². The summed E-state index contributed by atoms with van der Waals surface area (Å²) in [6.45, 7) is 6.09. The lowest BCUT2D eigenvalue weighted by Gasteiger charge is -2.20. The second-order valence-electron chi connectivity index (χ2n) is 4.48. The standard InChI is InChI=1S/C12H16O3/c1-12(2,3)8-5-10(14)9(7-13)11(6-8)15-4/h5-7,14H,1-4H3. The van der Waals surface area contributed by atoms with Crippen LogP contribution < -0.4 is 4.74 Å². The van der Waals surface area contributed by atoms with Crippen molar-refractivity contribution in [3.05, 3.63) is 23.3 Å². The SMILES string of the molecule is COc1cc(C(C)(C)C)cc(O)c1C=O. The Kier molecular flexibility index (Phi) is 3.03. The fraction of sp³-hybridized carbons (Fsp3) is 0.417. The molecule has 0 spiro atoms. The van der Waals surface area contributed by atoms with Gasteiger partial charge in [0.2, 0.25) is 0 Å². The molecule has 0 saturated carbocycles. The molecule has 1 N–H and O–H groups in total. The van der Waals surface area contributed by atoms with Crippen LogP contribution in [-0.4, -0.2) is 18.5 Å². The Hall–Kier alpha value is -1.51. The highest BCUT2D eigenvalue weighted by Crippen LogP contribution is 2.33. The Bertz CT molecular complexity index is 375. The lowest BCUT2D eigenvalue weighted by Crippen LogP contribution is -2.11. The Morgan fingerprint density at radius 2 is 1.93 bits per heavy atom. The number of hydrogen-bond acceptors (Lipinski definition) is 3. The van der Waals surface area contributed by atoms with Crippen LogP contribution in [0.3, 0.4) is 0 Å². The van der Waals surface area contributed by atoms with E-state index in [9.17, 15) is 9.90 Å². The van der Waals surface area contributed by atoms with Gasteiger partial charge in [-0.3, -0.25) is 4.79 Å². The van der Waals surface area contributed by atoms with E-state index in [0.29, 0.717) is 12.0 Å². The molecule has 0 aromatic heterocycles. The summed E-state index contributed by atoms with van der Waals surface area (Å²) < 4.78 is 5.06. The third-order valence-corrected chi connectivity index (χ3v) is 2.32. The highest BCUT2D eigenvalue weighted by molar-refractivity contribution is 5.83. The molecule has 0 fully saturated rings. The van der Waals surface area contributed by atoms with Crippen molar-refractivity contribution in [1.29, 1.82) is 0 Å². The van der Waals surface area contributed by atoms with Crippen molar-refractivity contribution >= 4 is 6.29 Å². The minimum absolute atomic E-state index is 0.0331. The number of carbonyl (C=O) groups is 1. The fourth-order valence-corrected chi connectivity index (χ4v) is 1.33. The summed E-state index contributed by atoms with van der Waals surface area (Å²) in [7, 11) is 1.48. The summed E-state index contributed by atoms with van der Waals surface area (Å²) in [5.41, 5.74) is 1.04. The number of rotatable bonds is 2. The van der Waals surface area contributed by atoms with Gasteiger partial charge in [-0.15, -0.1) is 0 Å². The van der Waals surface area contributed by atoms with Gasteiger partial charge in [0.25, 0.3) is 0 Å². The summed E-state index contributed by atoms with van der Waals surface area (Å²) in [4.78, 5) is 10.7. The van der Waals surface area contributed by atoms with Crippen molar-refractivity contribution in [3.8, 4) is 11.5 Å². The van der Waals surface area contributed by atoms with Crippen LogP contribution in [-0.2, 0) is 5.41 Å². The first-order valence-corrected chi connectivity index (χ1v) is 4.77. The maximum absolute atomic E-state index is 10.7. The monoisotopic (exact) mass is 208 g/mol. The Balaban J connectivity index is 3.38. The summed E-state index contributed by atoms with van der Waals surface area (Å²) >= 11 is 0. The largest absolute Gasteiger partial charge is 0.507 e. The zero-order valence-corrected chi connectivity index (χ0v) is 9.50. The molecule has 0 radical (unpaired) electrons. The van der Waals surface area contributed by atoms with Crippen LogP contribution in [0.1, 0.15) is 36.7 Å². The molecule has 0 unspecified atom stereocenters.